The Morgan fingerprint density at radius 2 is 1.30 bits per heavy atom. The number of amides is 2. The van der Waals surface area contributed by atoms with E-state index in [2.05, 4.69) is 22.8 Å². The number of carbonyl (C=O) groups is 2. The van der Waals surface area contributed by atoms with Gasteiger partial charge in [0.2, 0.25) is 0 Å². The van der Waals surface area contributed by atoms with Gasteiger partial charge in [-0.05, 0) is 66.1 Å². The van der Waals surface area contributed by atoms with Crippen molar-refractivity contribution in [3.63, 3.8) is 0 Å². The number of carbonyl (C=O) groups excluding carboxylic acids is 2. The van der Waals surface area contributed by atoms with Gasteiger partial charge in [0.25, 0.3) is 11.8 Å². The number of nitrogens with one attached hydrogen (secondary N) is 2. The van der Waals surface area contributed by atoms with Crippen molar-refractivity contribution in [3.05, 3.63) is 114 Å². The Hall–Kier alpha value is -3.92. The van der Waals surface area contributed by atoms with Gasteiger partial charge in [0.1, 0.15) is 0 Å². The smallest absolute Gasteiger partial charge is 0.255 e. The average molecular weight is 439 g/mol. The van der Waals surface area contributed by atoms with Gasteiger partial charge in [-0.2, -0.15) is 0 Å². The number of rotatable bonds is 6. The summed E-state index contributed by atoms with van der Waals surface area (Å²) < 4.78 is 0. The fraction of sp³-hybridized carbons (Fsp3) is 0.172. The molecule has 168 valence electrons. The first kappa shape index (κ1) is 23.7. The van der Waals surface area contributed by atoms with Crippen LogP contribution >= 0.6 is 0 Å². The lowest BCUT2D eigenvalue weighted by atomic mass is 10.1. The summed E-state index contributed by atoms with van der Waals surface area (Å²) in [5.41, 5.74) is 2.98. The number of fused-ring (bicyclic) bond motifs is 1. The van der Waals surface area contributed by atoms with E-state index < -0.39 is 0 Å². The zero-order chi connectivity index (χ0) is 23.6. The molecule has 4 rings (SSSR count). The predicted octanol–water partition coefficient (Wildman–Crippen LogP) is 6.48. The van der Waals surface area contributed by atoms with E-state index >= 15 is 0 Å². The SMILES string of the molecule is CC.C[C@H](Cc1ccccc1)NC(=O)c1ccc(NC(=O)c2ccc3ccccc3c2)cc1. The molecule has 33 heavy (non-hydrogen) atoms. The van der Waals surface area contributed by atoms with Crippen LogP contribution in [0.15, 0.2) is 97.1 Å². The van der Waals surface area contributed by atoms with E-state index in [4.69, 9.17) is 0 Å². The average Bonchev–Trinajstić information content (AvgIpc) is 2.86. The fourth-order valence-electron chi connectivity index (χ4n) is 3.56. The van der Waals surface area contributed by atoms with Gasteiger partial charge in [-0.15, -0.1) is 0 Å². The first-order chi connectivity index (χ1) is 16.1. The molecule has 0 heterocycles. The highest BCUT2D eigenvalue weighted by molar-refractivity contribution is 6.06. The van der Waals surface area contributed by atoms with Crippen LogP contribution in [0.3, 0.4) is 0 Å². The third-order valence-corrected chi connectivity index (χ3v) is 5.18. The molecule has 2 amide bonds. The van der Waals surface area contributed by atoms with Crippen molar-refractivity contribution in [3.8, 4) is 0 Å². The van der Waals surface area contributed by atoms with Crippen LogP contribution < -0.4 is 10.6 Å². The summed E-state index contributed by atoms with van der Waals surface area (Å²) in [6, 6.07) is 30.6. The summed E-state index contributed by atoms with van der Waals surface area (Å²) >= 11 is 0. The van der Waals surface area contributed by atoms with Crippen LogP contribution in [0.4, 0.5) is 5.69 Å². The van der Waals surface area contributed by atoms with Crippen molar-refractivity contribution < 1.29 is 9.59 Å². The second-order valence-corrected chi connectivity index (χ2v) is 7.66. The van der Waals surface area contributed by atoms with E-state index in [0.29, 0.717) is 16.8 Å². The maximum Gasteiger partial charge on any atom is 0.255 e. The van der Waals surface area contributed by atoms with Crippen LogP contribution in [0.2, 0.25) is 0 Å². The molecule has 4 heteroatoms. The zero-order valence-corrected chi connectivity index (χ0v) is 19.3. The Labute approximate surface area is 195 Å². The van der Waals surface area contributed by atoms with Crippen LogP contribution in [0.5, 0.6) is 0 Å². The topological polar surface area (TPSA) is 58.2 Å². The van der Waals surface area contributed by atoms with Gasteiger partial charge < -0.3 is 10.6 Å². The minimum atomic E-state index is -0.181. The Kier molecular flexibility index (Phi) is 8.36. The lowest BCUT2D eigenvalue weighted by Gasteiger charge is -2.14. The molecule has 0 saturated carbocycles. The molecule has 0 aliphatic carbocycles. The molecule has 4 aromatic rings. The summed E-state index contributed by atoms with van der Waals surface area (Å²) in [5.74, 6) is -0.310. The molecule has 0 unspecified atom stereocenters. The van der Waals surface area contributed by atoms with Gasteiger partial charge in [0.05, 0.1) is 0 Å². The van der Waals surface area contributed by atoms with Gasteiger partial charge >= 0.3 is 0 Å². The largest absolute Gasteiger partial charge is 0.349 e. The van der Waals surface area contributed by atoms with E-state index in [1.54, 1.807) is 24.3 Å². The van der Waals surface area contributed by atoms with Gasteiger partial charge in [0.15, 0.2) is 0 Å². The summed E-state index contributed by atoms with van der Waals surface area (Å²) in [4.78, 5) is 25.1. The summed E-state index contributed by atoms with van der Waals surface area (Å²) in [6.07, 6.45) is 0.770. The highest BCUT2D eigenvalue weighted by Gasteiger charge is 2.11. The Bertz CT molecular complexity index is 1200. The lowest BCUT2D eigenvalue weighted by molar-refractivity contribution is 0.0939. The highest BCUT2D eigenvalue weighted by atomic mass is 16.2. The molecule has 0 aliphatic rings. The van der Waals surface area contributed by atoms with Crippen molar-refractivity contribution in [1.82, 2.24) is 5.32 Å². The molecule has 0 aliphatic heterocycles. The van der Waals surface area contributed by atoms with Crippen LogP contribution in [0.25, 0.3) is 10.8 Å². The Morgan fingerprint density at radius 3 is 2.00 bits per heavy atom. The van der Waals surface area contributed by atoms with Crippen molar-refractivity contribution in [1.29, 1.82) is 0 Å². The maximum absolute atomic E-state index is 12.6. The summed E-state index contributed by atoms with van der Waals surface area (Å²) in [6.45, 7) is 5.99. The van der Waals surface area contributed by atoms with E-state index in [0.717, 1.165) is 17.2 Å². The molecule has 1 atom stereocenters. The van der Waals surface area contributed by atoms with Crippen LogP contribution in [0.1, 0.15) is 47.1 Å². The molecule has 0 fully saturated rings. The number of hydrogen-bond donors (Lipinski definition) is 2. The standard InChI is InChI=1S/C27H24N2O2.C2H6/c1-19(17-20-7-3-2-4-8-20)28-26(30)22-13-15-25(16-14-22)29-27(31)24-12-11-21-9-5-6-10-23(21)18-24;1-2/h2-16,18-19H,17H2,1H3,(H,28,30)(H,29,31);1-2H3/t19-;/m1./s1. The van der Waals surface area contributed by atoms with E-state index in [9.17, 15) is 9.59 Å². The number of hydrogen-bond acceptors (Lipinski definition) is 2. The molecule has 4 nitrogen and oxygen atoms in total. The molecular weight excluding hydrogens is 408 g/mol. The van der Waals surface area contributed by atoms with Gasteiger partial charge in [-0.25, -0.2) is 0 Å². The number of benzene rings is 4. The van der Waals surface area contributed by atoms with E-state index in [1.807, 2.05) is 81.4 Å². The van der Waals surface area contributed by atoms with Crippen LogP contribution in [-0.4, -0.2) is 17.9 Å². The first-order valence-electron chi connectivity index (χ1n) is 11.3. The summed E-state index contributed by atoms with van der Waals surface area (Å²) in [7, 11) is 0. The van der Waals surface area contributed by atoms with E-state index in [1.165, 1.54) is 5.56 Å². The number of anilines is 1. The van der Waals surface area contributed by atoms with Crippen molar-refractivity contribution >= 4 is 28.3 Å². The first-order valence-corrected chi connectivity index (χ1v) is 11.3. The predicted molar refractivity (Wildman–Crippen MR) is 137 cm³/mol. The van der Waals surface area contributed by atoms with Crippen LogP contribution in [-0.2, 0) is 6.42 Å². The maximum atomic E-state index is 12.6. The quantitative estimate of drug-likeness (QED) is 0.362. The zero-order valence-electron chi connectivity index (χ0n) is 19.3. The van der Waals surface area contributed by atoms with E-state index in [-0.39, 0.29) is 17.9 Å². The Morgan fingerprint density at radius 1 is 0.697 bits per heavy atom. The summed E-state index contributed by atoms with van der Waals surface area (Å²) in [5, 5.41) is 8.03. The normalized spacial score (nSPS) is 11.1. The van der Waals surface area contributed by atoms with Crippen molar-refractivity contribution in [2.75, 3.05) is 5.32 Å². The third-order valence-electron chi connectivity index (χ3n) is 5.18. The third kappa shape index (κ3) is 6.53. The van der Waals surface area contributed by atoms with Crippen LogP contribution in [0, 0.1) is 0 Å². The van der Waals surface area contributed by atoms with Gasteiger partial charge in [0, 0.05) is 22.9 Å². The molecule has 2 N–H and O–H groups in total. The lowest BCUT2D eigenvalue weighted by Crippen LogP contribution is -2.34. The molecule has 0 bridgehead atoms. The fourth-order valence-corrected chi connectivity index (χ4v) is 3.56. The molecule has 0 spiro atoms. The minimum Gasteiger partial charge on any atom is -0.349 e. The molecule has 0 radical (unpaired) electrons. The monoisotopic (exact) mass is 438 g/mol. The second kappa shape index (κ2) is 11.6. The second-order valence-electron chi connectivity index (χ2n) is 7.66. The minimum absolute atomic E-state index is 0.0159. The van der Waals surface area contributed by atoms with Gasteiger partial charge in [-0.1, -0.05) is 74.5 Å². The molecular formula is C29H30N2O2. The molecule has 4 aromatic carbocycles. The molecule has 0 saturated heterocycles. The van der Waals surface area contributed by atoms with Crippen molar-refractivity contribution in [2.45, 2.75) is 33.2 Å². The van der Waals surface area contributed by atoms with Gasteiger partial charge in [-0.3, -0.25) is 9.59 Å². The molecule has 0 aromatic heterocycles. The Balaban J connectivity index is 0.00000149. The van der Waals surface area contributed by atoms with Crippen molar-refractivity contribution in [2.24, 2.45) is 0 Å². The highest BCUT2D eigenvalue weighted by Crippen LogP contribution is 2.17.